The number of esters is 1. The number of likely N-dealkylation sites (tertiary alicyclic amines) is 1. The number of carbonyl (C=O) groups is 10. The first-order chi connectivity index (χ1) is 44.6. The number of unbranched alkanes of at least 4 members (excludes halogenated alkanes) is 1. The van der Waals surface area contributed by atoms with Crippen molar-refractivity contribution in [3.05, 3.63) is 82.3 Å². The Morgan fingerprint density at radius 2 is 1.45 bits per heavy atom. The van der Waals surface area contributed by atoms with Gasteiger partial charge in [0, 0.05) is 100 Å². The minimum absolute atomic E-state index is 0. The van der Waals surface area contributed by atoms with Crippen LogP contribution in [0.25, 0.3) is 0 Å². The van der Waals surface area contributed by atoms with Crippen molar-refractivity contribution in [1.82, 2.24) is 30.7 Å². The van der Waals surface area contributed by atoms with E-state index in [2.05, 4.69) is 38.4 Å². The van der Waals surface area contributed by atoms with Crippen LogP contribution >= 0.6 is 11.3 Å². The van der Waals surface area contributed by atoms with Crippen LogP contribution in [-0.4, -0.2) is 158 Å². The van der Waals surface area contributed by atoms with Gasteiger partial charge in [-0.15, -0.1) is 11.3 Å². The second-order valence-electron chi connectivity index (χ2n) is 26.3. The van der Waals surface area contributed by atoms with Crippen molar-refractivity contribution < 1.29 is 66.9 Å². The SMILES string of the molecule is C.CC[C@H](C)[C@@H]([C@@H](CC(=O)N1CCC[C@H]1[C@H](OC)[C@@H](C)C(=O)C[C@@H](Cc1ccccc1)c1nccs1)OC)N(C)C(=O)[C@@H](CC(=O)C(C)(C)NC(=O)OCc1ccc(NC(=O)[C@H](CCCNC(N)=O)CC(=O)[C@@H](NC(=O)[C@H](CCCCN)CC(=O)OC)C(C)C)cc1)C(C)C. The van der Waals surface area contributed by atoms with E-state index in [1.807, 2.05) is 63.1 Å². The number of aromatic nitrogens is 1. The highest BCUT2D eigenvalue weighted by Crippen LogP contribution is 2.34. The zero-order valence-electron chi connectivity index (χ0n) is 57.7. The van der Waals surface area contributed by atoms with Gasteiger partial charge in [-0.1, -0.05) is 111 Å². The van der Waals surface area contributed by atoms with E-state index in [4.69, 9.17) is 30.4 Å². The van der Waals surface area contributed by atoms with Gasteiger partial charge in [-0.25, -0.2) is 14.6 Å². The molecule has 11 atom stereocenters. The smallest absolute Gasteiger partial charge is 0.408 e. The number of nitrogens with one attached hydrogen (secondary N) is 4. The third-order valence-corrected chi connectivity index (χ3v) is 19.3. The number of nitrogens with zero attached hydrogens (tertiary/aromatic N) is 3. The number of nitrogens with two attached hydrogens (primary N) is 2. The molecule has 1 aliphatic heterocycles. The number of methoxy groups -OCH3 is 3. The number of ketones is 3. The van der Waals surface area contributed by atoms with E-state index >= 15 is 0 Å². The largest absolute Gasteiger partial charge is 0.469 e. The molecule has 0 radical (unpaired) electrons. The lowest BCUT2D eigenvalue weighted by Crippen LogP contribution is -2.55. The maximum Gasteiger partial charge on any atom is 0.408 e. The summed E-state index contributed by atoms with van der Waals surface area (Å²) in [5.74, 6) is -6.68. The van der Waals surface area contributed by atoms with Crippen LogP contribution < -0.4 is 32.7 Å². The highest BCUT2D eigenvalue weighted by Gasteiger charge is 2.44. The molecule has 0 aliphatic carbocycles. The van der Waals surface area contributed by atoms with Crippen molar-refractivity contribution in [2.75, 3.05) is 53.3 Å². The van der Waals surface area contributed by atoms with Crippen molar-refractivity contribution in [2.45, 2.75) is 208 Å². The number of Topliss-reactive ketones (excluding diaryl/α,β-unsaturated/α-hetero) is 3. The molecule has 2 aromatic carbocycles. The Morgan fingerprint density at radius 1 is 0.789 bits per heavy atom. The number of alkyl carbamates (subject to hydrolysis) is 1. The summed E-state index contributed by atoms with van der Waals surface area (Å²) in [7, 11) is 6.04. The van der Waals surface area contributed by atoms with Gasteiger partial charge < -0.3 is 61.5 Å². The minimum atomic E-state index is -1.47. The lowest BCUT2D eigenvalue weighted by Gasteiger charge is -2.41. The van der Waals surface area contributed by atoms with Gasteiger partial charge >= 0.3 is 18.1 Å². The first kappa shape index (κ1) is 82.1. The molecule has 1 saturated heterocycles. The molecular weight excluding hydrogens is 1230 g/mol. The zero-order valence-corrected chi connectivity index (χ0v) is 58.5. The van der Waals surface area contributed by atoms with Gasteiger partial charge in [0.15, 0.2) is 11.6 Å². The number of urea groups is 1. The second-order valence-corrected chi connectivity index (χ2v) is 27.2. The van der Waals surface area contributed by atoms with E-state index in [-0.39, 0.29) is 106 Å². The fourth-order valence-electron chi connectivity index (χ4n) is 12.4. The molecule has 8 N–H and O–H groups in total. The molecule has 95 heavy (non-hydrogen) atoms. The lowest BCUT2D eigenvalue weighted by atomic mass is 9.83. The van der Waals surface area contributed by atoms with Crippen molar-refractivity contribution in [3.63, 3.8) is 0 Å². The van der Waals surface area contributed by atoms with Gasteiger partial charge in [-0.05, 0) is 106 Å². The summed E-state index contributed by atoms with van der Waals surface area (Å²) in [4.78, 5) is 144. The molecule has 24 heteroatoms. The van der Waals surface area contributed by atoms with Crippen molar-refractivity contribution in [1.29, 1.82) is 0 Å². The number of primary amides is 1. The molecule has 23 nitrogen and oxygen atoms in total. The molecule has 0 saturated carbocycles. The maximum absolute atomic E-state index is 14.8. The van der Waals surface area contributed by atoms with E-state index in [0.717, 1.165) is 17.0 Å². The molecule has 1 aliphatic rings. The Morgan fingerprint density at radius 3 is 2.03 bits per heavy atom. The molecule has 0 unspecified atom stereocenters. The summed E-state index contributed by atoms with van der Waals surface area (Å²) in [6.07, 6.45) is 3.96. The van der Waals surface area contributed by atoms with Gasteiger partial charge in [0.05, 0.1) is 60.8 Å². The molecule has 530 valence electrons. The fraction of sp³-hybridized carbons (Fsp3) is 0.648. The van der Waals surface area contributed by atoms with Gasteiger partial charge in [0.2, 0.25) is 23.6 Å². The quantitative estimate of drug-likeness (QED) is 0.0227. The summed E-state index contributed by atoms with van der Waals surface area (Å²) in [5, 5.41) is 13.7. The number of amides is 7. The first-order valence-electron chi connectivity index (χ1n) is 33.2. The number of rotatable bonds is 42. The van der Waals surface area contributed by atoms with Gasteiger partial charge in [0.1, 0.15) is 12.4 Å². The average Bonchev–Trinajstić information content (AvgIpc) is 1.81. The Balaban J connectivity index is 0.0000235. The average molecular weight is 1350 g/mol. The van der Waals surface area contributed by atoms with Gasteiger partial charge in [0.25, 0.3) is 0 Å². The lowest BCUT2D eigenvalue weighted by molar-refractivity contribution is -0.149. The normalized spacial score (nSPS) is 16.3. The van der Waals surface area contributed by atoms with E-state index in [1.54, 1.807) is 77.2 Å². The predicted octanol–water partition coefficient (Wildman–Crippen LogP) is 9.33. The first-order valence-corrected chi connectivity index (χ1v) is 34.1. The number of hydrogen-bond acceptors (Lipinski definition) is 17. The van der Waals surface area contributed by atoms with E-state index in [1.165, 1.54) is 25.6 Å². The Hall–Kier alpha value is -7.15. The van der Waals surface area contributed by atoms with Crippen LogP contribution in [0.2, 0.25) is 0 Å². The molecule has 0 bridgehead atoms. The highest BCUT2D eigenvalue weighted by atomic mass is 32.1. The van der Waals surface area contributed by atoms with Crippen LogP contribution in [0.4, 0.5) is 15.3 Å². The third kappa shape index (κ3) is 25.7. The molecule has 2 heterocycles. The number of anilines is 1. The number of hydrogen-bond donors (Lipinski definition) is 6. The third-order valence-electron chi connectivity index (χ3n) is 18.3. The van der Waals surface area contributed by atoms with Crippen LogP contribution in [0.5, 0.6) is 0 Å². The topological polar surface area (TPSA) is 327 Å². The summed E-state index contributed by atoms with van der Waals surface area (Å²) >= 11 is 1.53. The van der Waals surface area contributed by atoms with Crippen LogP contribution in [-0.2, 0) is 70.3 Å². The van der Waals surface area contributed by atoms with Crippen LogP contribution in [0, 0.1) is 41.4 Å². The fourth-order valence-corrected chi connectivity index (χ4v) is 13.1. The zero-order chi connectivity index (χ0) is 69.8. The summed E-state index contributed by atoms with van der Waals surface area (Å²) in [6, 6.07) is 13.8. The van der Waals surface area contributed by atoms with Crippen LogP contribution in [0.15, 0.2) is 66.2 Å². The standard InChI is InChI=1S/C70H107N9O14S.CH4/c1-14-45(6)62(57(90-11)41-59(83)79-34-21-26-54(79)63(92-13)46(7)55(80)38-51(66-73-33-35-94-66)36-47-22-16-15-17-23-47)78(10)67(87)53(43(2)3)40-58(82)70(8,9)77-69(89)93-42-48-27-29-52(30-28-48)75-64(85)49(25-20-32-74-68(72)88)37-56(81)61(44(4)5)76-65(86)50(24-18-19-31-71)39-60(84)91-12;/h15-17,22-23,27-30,33,35,43-46,49-51,53-54,57,61-63H,14,18-21,24-26,31-32,34,36-42,71H2,1-13H3,(H,75,85)(H,76,86)(H,77,89)(H3,72,74,88);1H4/t45-,46-,49+,50+,51+,53-,54-,57+,61-,62-,63+;/m0./s1. The maximum atomic E-state index is 14.8. The number of carbonyl (C=O) groups excluding carboxylic acids is 10. The van der Waals surface area contributed by atoms with Crippen LogP contribution in [0.3, 0.4) is 0 Å². The highest BCUT2D eigenvalue weighted by molar-refractivity contribution is 7.09. The Bertz CT molecular complexity index is 2910. The van der Waals surface area contributed by atoms with Gasteiger partial charge in [-0.2, -0.15) is 0 Å². The number of benzene rings is 2. The summed E-state index contributed by atoms with van der Waals surface area (Å²) in [5.41, 5.74) is 11.5. The number of ether oxygens (including phenoxy) is 4. The molecule has 4 rings (SSSR count). The number of thiazole rings is 1. The second kappa shape index (κ2) is 41.1. The monoisotopic (exact) mass is 1350 g/mol. The van der Waals surface area contributed by atoms with Crippen molar-refractivity contribution in [3.8, 4) is 0 Å². The van der Waals surface area contributed by atoms with Crippen molar-refractivity contribution in [2.24, 2.45) is 52.9 Å². The van der Waals surface area contributed by atoms with E-state index in [9.17, 15) is 47.9 Å². The van der Waals surface area contributed by atoms with E-state index < -0.39 is 95.0 Å². The Labute approximate surface area is 567 Å². The molecule has 7 amide bonds. The minimum Gasteiger partial charge on any atom is -0.469 e. The molecular formula is C71H111N9O14S. The molecule has 1 aromatic heterocycles. The molecule has 0 spiro atoms. The summed E-state index contributed by atoms with van der Waals surface area (Å²) in [6.45, 7) is 17.0. The molecule has 3 aromatic rings. The van der Waals surface area contributed by atoms with Gasteiger partial charge in [-0.3, -0.25) is 38.4 Å². The molecule has 1 fully saturated rings. The predicted molar refractivity (Wildman–Crippen MR) is 368 cm³/mol. The van der Waals surface area contributed by atoms with E-state index in [0.29, 0.717) is 69.3 Å². The van der Waals surface area contributed by atoms with Crippen LogP contribution in [0.1, 0.15) is 175 Å². The summed E-state index contributed by atoms with van der Waals surface area (Å²) < 4.78 is 22.6. The Kier molecular flexibility index (Phi) is 35.5. The van der Waals surface area contributed by atoms with Crippen molar-refractivity contribution >= 4 is 76.1 Å². The number of likely N-dealkylation sites (N-methyl/N-ethyl adjacent to an activating group) is 1.